The second-order valence-corrected chi connectivity index (χ2v) is 12.7. The number of hydrogen-bond acceptors (Lipinski definition) is 7. The lowest BCUT2D eigenvalue weighted by molar-refractivity contribution is -0.137. The third kappa shape index (κ3) is 10.8. The quantitative estimate of drug-likeness (QED) is 0.0875. The zero-order valence-corrected chi connectivity index (χ0v) is 29.3. The third-order valence-electron chi connectivity index (χ3n) is 7.70. The molecule has 1 aromatic heterocycles. The van der Waals surface area contributed by atoms with Crippen LogP contribution < -0.4 is 21.5 Å². The molecule has 0 radical (unpaired) electrons. The third-order valence-corrected chi connectivity index (χ3v) is 7.70. The molecule has 0 fully saturated rings. The summed E-state index contributed by atoms with van der Waals surface area (Å²) in [7, 11) is 0. The molecule has 0 aliphatic carbocycles. The Morgan fingerprint density at radius 2 is 1.33 bits per heavy atom. The molecule has 1 atom stereocenters. The van der Waals surface area contributed by atoms with Crippen LogP contribution in [0, 0.1) is 0 Å². The largest absolute Gasteiger partial charge is 0.463 e. The number of ether oxygens (including phenoxy) is 2. The average molecular weight is 693 g/mol. The fourth-order valence-corrected chi connectivity index (χ4v) is 5.52. The van der Waals surface area contributed by atoms with Gasteiger partial charge in [0.15, 0.2) is 0 Å². The molecule has 4 rings (SSSR count). The number of amides is 3. The van der Waals surface area contributed by atoms with Crippen molar-refractivity contribution in [2.75, 3.05) is 11.9 Å². The first kappa shape index (κ1) is 37.8. The van der Waals surface area contributed by atoms with Crippen molar-refractivity contribution in [2.45, 2.75) is 64.3 Å². The predicted octanol–water partition coefficient (Wildman–Crippen LogP) is 5.69. The van der Waals surface area contributed by atoms with Crippen molar-refractivity contribution in [1.29, 1.82) is 0 Å². The normalized spacial score (nSPS) is 12.1. The number of nitrogens with zero attached hydrogens (tertiary/aromatic N) is 1. The van der Waals surface area contributed by atoms with Gasteiger partial charge in [0, 0.05) is 24.7 Å². The van der Waals surface area contributed by atoms with Crippen LogP contribution in [0.1, 0.15) is 57.2 Å². The first-order valence-electron chi connectivity index (χ1n) is 16.7. The van der Waals surface area contributed by atoms with Crippen molar-refractivity contribution in [2.24, 2.45) is 0 Å². The van der Waals surface area contributed by atoms with Crippen molar-refractivity contribution >= 4 is 29.6 Å². The number of nitrogens with one attached hydrogen (secondary N) is 3. The summed E-state index contributed by atoms with van der Waals surface area (Å²) in [5, 5.41) is 8.53. The Balaban J connectivity index is 1.55. The summed E-state index contributed by atoms with van der Waals surface area (Å²) in [4.78, 5) is 64.7. The van der Waals surface area contributed by atoms with E-state index in [0.717, 1.165) is 21.3 Å². The number of aromatic nitrogens is 1. The molecule has 3 amide bonds. The summed E-state index contributed by atoms with van der Waals surface area (Å²) < 4.78 is 11.4. The van der Waals surface area contributed by atoms with Crippen LogP contribution in [0.15, 0.2) is 126 Å². The van der Waals surface area contributed by atoms with Crippen LogP contribution in [0.3, 0.4) is 0 Å². The monoisotopic (exact) mass is 692 g/mol. The lowest BCUT2D eigenvalue weighted by Crippen LogP contribution is -2.48. The van der Waals surface area contributed by atoms with E-state index in [4.69, 9.17) is 9.47 Å². The van der Waals surface area contributed by atoms with Crippen LogP contribution in [0.5, 0.6) is 0 Å². The highest BCUT2D eigenvalue weighted by Crippen LogP contribution is 2.37. The van der Waals surface area contributed by atoms with E-state index in [1.54, 1.807) is 27.7 Å². The lowest BCUT2D eigenvalue weighted by atomic mass is 9.77. The molecule has 0 bridgehead atoms. The van der Waals surface area contributed by atoms with Gasteiger partial charge < -0.3 is 24.7 Å². The number of pyridine rings is 1. The topological polar surface area (TPSA) is 145 Å². The fraction of sp³-hybridized carbons (Fsp3) is 0.275. The Hall–Kier alpha value is -5.97. The summed E-state index contributed by atoms with van der Waals surface area (Å²) in [5.41, 5.74) is 0.0986. The van der Waals surface area contributed by atoms with Gasteiger partial charge in [-0.05, 0) is 62.9 Å². The number of carbonyl (C=O) groups excluding carboxylic acids is 4. The number of hydrogen-bond donors (Lipinski definition) is 3. The van der Waals surface area contributed by atoms with Crippen molar-refractivity contribution in [3.63, 3.8) is 0 Å². The second-order valence-electron chi connectivity index (χ2n) is 12.7. The molecule has 11 heteroatoms. The van der Waals surface area contributed by atoms with E-state index in [1.807, 2.05) is 91.0 Å². The standard InChI is InChI=1S/C40H44N4O7/c1-5-50-36(47)26-24-32(41-35(46)28-44-27-15-22-33(37(44)48)42-38(49)51-39(2,3)4)23-25-34(45)43-40(29-16-9-6-10-17-29,30-18-11-7-12-19-30)31-20-13-8-14-21-31/h6-22,24,26-27,32H,5,23,25,28H2,1-4H3,(H,41,46)(H,42,49)(H,43,45)/b26-24+/t32-/m0/s1. The van der Waals surface area contributed by atoms with E-state index in [-0.39, 0.29) is 31.0 Å². The van der Waals surface area contributed by atoms with Crippen LogP contribution in [-0.4, -0.2) is 46.7 Å². The Kier molecular flexibility index (Phi) is 13.1. The van der Waals surface area contributed by atoms with Gasteiger partial charge in [-0.15, -0.1) is 0 Å². The van der Waals surface area contributed by atoms with Crippen molar-refractivity contribution < 1.29 is 28.7 Å². The van der Waals surface area contributed by atoms with Gasteiger partial charge in [-0.2, -0.15) is 0 Å². The van der Waals surface area contributed by atoms with Gasteiger partial charge in [0.05, 0.1) is 6.61 Å². The molecule has 0 saturated carbocycles. The fourth-order valence-electron chi connectivity index (χ4n) is 5.52. The molecule has 266 valence electrons. The zero-order chi connectivity index (χ0) is 36.9. The zero-order valence-electron chi connectivity index (χ0n) is 29.3. The Bertz CT molecular complexity index is 1770. The van der Waals surface area contributed by atoms with E-state index in [9.17, 15) is 24.0 Å². The summed E-state index contributed by atoms with van der Waals surface area (Å²) in [5.74, 6) is -1.46. The first-order chi connectivity index (χ1) is 24.4. The smallest absolute Gasteiger partial charge is 0.412 e. The van der Waals surface area contributed by atoms with E-state index >= 15 is 0 Å². The highest BCUT2D eigenvalue weighted by molar-refractivity contribution is 5.85. The molecule has 0 unspecified atom stereocenters. The lowest BCUT2D eigenvalue weighted by Gasteiger charge is -2.37. The van der Waals surface area contributed by atoms with Gasteiger partial charge in [-0.3, -0.25) is 19.7 Å². The maximum atomic E-state index is 13.9. The summed E-state index contributed by atoms with van der Waals surface area (Å²) in [6, 6.07) is 31.2. The van der Waals surface area contributed by atoms with Crippen LogP contribution in [0.25, 0.3) is 0 Å². The van der Waals surface area contributed by atoms with Crippen molar-refractivity contribution in [1.82, 2.24) is 15.2 Å². The van der Waals surface area contributed by atoms with Gasteiger partial charge in [0.25, 0.3) is 5.56 Å². The molecule has 0 saturated heterocycles. The Morgan fingerprint density at radius 1 is 0.784 bits per heavy atom. The molecular weight excluding hydrogens is 648 g/mol. The Labute approximate surface area is 297 Å². The summed E-state index contributed by atoms with van der Waals surface area (Å²) in [6.45, 7) is 6.55. The highest BCUT2D eigenvalue weighted by atomic mass is 16.6. The predicted molar refractivity (Wildman–Crippen MR) is 195 cm³/mol. The maximum Gasteiger partial charge on any atom is 0.412 e. The number of anilines is 1. The first-order valence-corrected chi connectivity index (χ1v) is 16.7. The van der Waals surface area contributed by atoms with Gasteiger partial charge >= 0.3 is 12.1 Å². The van der Waals surface area contributed by atoms with Crippen molar-refractivity contribution in [3.8, 4) is 0 Å². The Morgan fingerprint density at radius 3 is 1.84 bits per heavy atom. The van der Waals surface area contributed by atoms with E-state index in [0.29, 0.717) is 0 Å². The summed E-state index contributed by atoms with van der Waals surface area (Å²) in [6.07, 6.45) is 3.37. The van der Waals surface area contributed by atoms with E-state index < -0.39 is 47.3 Å². The van der Waals surface area contributed by atoms with Crippen LogP contribution in [0.2, 0.25) is 0 Å². The molecule has 3 N–H and O–H groups in total. The van der Waals surface area contributed by atoms with Crippen molar-refractivity contribution in [3.05, 3.63) is 149 Å². The molecule has 0 aliphatic heterocycles. The minimum atomic E-state index is -1.03. The summed E-state index contributed by atoms with van der Waals surface area (Å²) >= 11 is 0. The van der Waals surface area contributed by atoms with Crippen LogP contribution in [0.4, 0.5) is 10.5 Å². The molecule has 0 aliphatic rings. The van der Waals surface area contributed by atoms with Gasteiger partial charge in [-0.25, -0.2) is 9.59 Å². The number of carbonyl (C=O) groups is 4. The van der Waals surface area contributed by atoms with E-state index in [2.05, 4.69) is 16.0 Å². The number of rotatable bonds is 14. The maximum absolute atomic E-state index is 13.9. The highest BCUT2D eigenvalue weighted by Gasteiger charge is 2.37. The van der Waals surface area contributed by atoms with Gasteiger partial charge in [0.2, 0.25) is 11.8 Å². The van der Waals surface area contributed by atoms with Gasteiger partial charge in [-0.1, -0.05) is 97.1 Å². The molecule has 0 spiro atoms. The minimum Gasteiger partial charge on any atom is -0.463 e. The van der Waals surface area contributed by atoms with E-state index in [1.165, 1.54) is 30.5 Å². The SMILES string of the molecule is CCOC(=O)/C=C/[C@H](CCC(=O)NC(c1ccccc1)(c1ccccc1)c1ccccc1)NC(=O)Cn1cccc(NC(=O)OC(C)(C)C)c1=O. The minimum absolute atomic E-state index is 0.0262. The molecule has 11 nitrogen and oxygen atoms in total. The number of benzene rings is 3. The average Bonchev–Trinajstić information content (AvgIpc) is 3.10. The van der Waals surface area contributed by atoms with Crippen LogP contribution >= 0.6 is 0 Å². The molecular formula is C40H44N4O7. The second kappa shape index (κ2) is 17.6. The van der Waals surface area contributed by atoms with Gasteiger partial charge in [0.1, 0.15) is 23.4 Å². The van der Waals surface area contributed by atoms with Crippen LogP contribution in [-0.2, 0) is 35.9 Å². The molecule has 3 aromatic carbocycles. The number of esters is 1. The molecule has 4 aromatic rings. The molecule has 1 heterocycles. The molecule has 51 heavy (non-hydrogen) atoms.